The molecule has 1 rings (SSSR count). The van der Waals surface area contributed by atoms with Crippen molar-refractivity contribution in [1.82, 2.24) is 9.78 Å². The van der Waals surface area contributed by atoms with Crippen LogP contribution in [0.4, 0.5) is 5.69 Å². The summed E-state index contributed by atoms with van der Waals surface area (Å²) in [6, 6.07) is 0. The molecule has 0 aliphatic carbocycles. The van der Waals surface area contributed by atoms with E-state index in [9.17, 15) is 9.59 Å². The highest BCUT2D eigenvalue weighted by Crippen LogP contribution is 2.14. The molecule has 1 aromatic rings. The lowest BCUT2D eigenvalue weighted by molar-refractivity contribution is -0.140. The van der Waals surface area contributed by atoms with Gasteiger partial charge in [-0.3, -0.25) is 9.59 Å². The first-order valence-electron chi connectivity index (χ1n) is 5.75. The lowest BCUT2D eigenvalue weighted by atomic mass is 10.4. The van der Waals surface area contributed by atoms with E-state index in [0.29, 0.717) is 18.8 Å². The predicted octanol–water partition coefficient (Wildman–Crippen LogP) is 1.28. The summed E-state index contributed by atoms with van der Waals surface area (Å²) in [5.41, 5.74) is -0.0329. The molecule has 0 radical (unpaired) electrons. The van der Waals surface area contributed by atoms with E-state index in [0.717, 1.165) is 6.42 Å². The van der Waals surface area contributed by atoms with Crippen molar-refractivity contribution in [2.45, 2.75) is 26.8 Å². The van der Waals surface area contributed by atoms with Gasteiger partial charge in [-0.25, -0.2) is 4.68 Å². The Morgan fingerprint density at radius 2 is 2.28 bits per heavy atom. The minimum absolute atomic E-state index is 0.0303. The van der Waals surface area contributed by atoms with Gasteiger partial charge in [0, 0.05) is 6.54 Å². The molecule has 0 aromatic carbocycles. The Balaban J connectivity index is 2.76. The quantitative estimate of drug-likeness (QED) is 0.791. The highest BCUT2D eigenvalue weighted by molar-refractivity contribution is 6.32. The van der Waals surface area contributed by atoms with Crippen molar-refractivity contribution < 1.29 is 9.53 Å². The van der Waals surface area contributed by atoms with Crippen LogP contribution >= 0.6 is 11.6 Å². The number of aryl methyl sites for hydroxylation is 1. The van der Waals surface area contributed by atoms with Crippen LogP contribution in [0.2, 0.25) is 5.02 Å². The van der Waals surface area contributed by atoms with E-state index < -0.39 is 5.97 Å². The van der Waals surface area contributed by atoms with Crippen molar-refractivity contribution in [2.75, 3.05) is 18.5 Å². The van der Waals surface area contributed by atoms with Gasteiger partial charge in [-0.1, -0.05) is 18.5 Å². The summed E-state index contributed by atoms with van der Waals surface area (Å²) in [5.74, 6) is -0.411. The largest absolute Gasteiger partial charge is 0.465 e. The highest BCUT2D eigenvalue weighted by Gasteiger charge is 2.10. The standard InChI is InChI=1S/C11H16ClN3O3/c1-3-5-15-11(17)10(12)8(6-14-15)13-7-9(16)18-4-2/h6,13H,3-5,7H2,1-2H3. The minimum atomic E-state index is -0.411. The zero-order chi connectivity index (χ0) is 13.5. The lowest BCUT2D eigenvalue weighted by Gasteiger charge is -2.09. The molecule has 100 valence electrons. The fraction of sp³-hybridized carbons (Fsp3) is 0.545. The third-order valence-electron chi connectivity index (χ3n) is 2.15. The Bertz CT molecular complexity index is 473. The summed E-state index contributed by atoms with van der Waals surface area (Å²) in [4.78, 5) is 22.9. The zero-order valence-electron chi connectivity index (χ0n) is 10.4. The van der Waals surface area contributed by atoms with Crippen molar-refractivity contribution >= 4 is 23.3 Å². The van der Waals surface area contributed by atoms with Crippen LogP contribution in [0.25, 0.3) is 0 Å². The Morgan fingerprint density at radius 1 is 1.56 bits per heavy atom. The van der Waals surface area contributed by atoms with Gasteiger partial charge in [0.1, 0.15) is 11.6 Å². The molecule has 1 heterocycles. The maximum absolute atomic E-state index is 11.8. The van der Waals surface area contributed by atoms with Crippen molar-refractivity contribution in [2.24, 2.45) is 0 Å². The van der Waals surface area contributed by atoms with Gasteiger partial charge >= 0.3 is 5.97 Å². The van der Waals surface area contributed by atoms with E-state index >= 15 is 0 Å². The van der Waals surface area contributed by atoms with Gasteiger partial charge in [-0.2, -0.15) is 5.10 Å². The van der Waals surface area contributed by atoms with E-state index in [1.165, 1.54) is 10.9 Å². The number of anilines is 1. The third-order valence-corrected chi connectivity index (χ3v) is 2.51. The number of nitrogens with one attached hydrogen (secondary N) is 1. The molecular weight excluding hydrogens is 258 g/mol. The second kappa shape index (κ2) is 7.00. The molecule has 6 nitrogen and oxygen atoms in total. The first kappa shape index (κ1) is 14.5. The molecule has 0 unspecified atom stereocenters. The Labute approximate surface area is 110 Å². The summed E-state index contributed by atoms with van der Waals surface area (Å²) in [6.45, 7) is 4.43. The second-order valence-corrected chi connectivity index (χ2v) is 3.94. The summed E-state index contributed by atoms with van der Waals surface area (Å²) >= 11 is 5.91. The second-order valence-electron chi connectivity index (χ2n) is 3.56. The van der Waals surface area contributed by atoms with Gasteiger partial charge in [0.15, 0.2) is 0 Å². The molecule has 0 saturated heterocycles. The van der Waals surface area contributed by atoms with Crippen LogP contribution in [-0.2, 0) is 16.1 Å². The monoisotopic (exact) mass is 273 g/mol. The zero-order valence-corrected chi connectivity index (χ0v) is 11.2. The lowest BCUT2D eigenvalue weighted by Crippen LogP contribution is -2.25. The van der Waals surface area contributed by atoms with Gasteiger partial charge in [0.2, 0.25) is 0 Å². The molecule has 0 aliphatic heterocycles. The smallest absolute Gasteiger partial charge is 0.325 e. The van der Waals surface area contributed by atoms with Crippen molar-refractivity contribution in [1.29, 1.82) is 0 Å². The molecular formula is C11H16ClN3O3. The molecule has 0 atom stereocenters. The number of nitrogens with zero attached hydrogens (tertiary/aromatic N) is 2. The van der Waals surface area contributed by atoms with Gasteiger partial charge in [-0.05, 0) is 13.3 Å². The highest BCUT2D eigenvalue weighted by atomic mass is 35.5. The molecule has 7 heteroatoms. The number of rotatable bonds is 6. The van der Waals surface area contributed by atoms with E-state index in [4.69, 9.17) is 16.3 Å². The molecule has 1 aromatic heterocycles. The Kier molecular flexibility index (Phi) is 5.64. The van der Waals surface area contributed by atoms with Crippen molar-refractivity contribution in [3.63, 3.8) is 0 Å². The van der Waals surface area contributed by atoms with Crippen LogP contribution in [0.5, 0.6) is 0 Å². The Hall–Kier alpha value is -1.56. The number of halogens is 1. The van der Waals surface area contributed by atoms with E-state index in [1.54, 1.807) is 6.92 Å². The SMILES string of the molecule is CCCn1ncc(NCC(=O)OCC)c(Cl)c1=O. The normalized spacial score (nSPS) is 10.2. The first-order chi connectivity index (χ1) is 8.60. The fourth-order valence-electron chi connectivity index (χ4n) is 1.34. The summed E-state index contributed by atoms with van der Waals surface area (Å²) < 4.78 is 6.04. The van der Waals surface area contributed by atoms with Crippen LogP contribution in [0.1, 0.15) is 20.3 Å². The summed E-state index contributed by atoms with van der Waals surface area (Å²) in [7, 11) is 0. The van der Waals surface area contributed by atoms with Crippen LogP contribution in [0.15, 0.2) is 11.0 Å². The van der Waals surface area contributed by atoms with Gasteiger partial charge in [0.25, 0.3) is 5.56 Å². The maximum atomic E-state index is 11.8. The minimum Gasteiger partial charge on any atom is -0.465 e. The average Bonchev–Trinajstić information content (AvgIpc) is 2.35. The fourth-order valence-corrected chi connectivity index (χ4v) is 1.55. The molecule has 0 bridgehead atoms. The summed E-state index contributed by atoms with van der Waals surface area (Å²) in [6.07, 6.45) is 2.22. The van der Waals surface area contributed by atoms with Crippen molar-refractivity contribution in [3.8, 4) is 0 Å². The van der Waals surface area contributed by atoms with Gasteiger partial charge in [-0.15, -0.1) is 0 Å². The molecule has 0 amide bonds. The van der Waals surface area contributed by atoms with Crippen LogP contribution < -0.4 is 10.9 Å². The van der Waals surface area contributed by atoms with E-state index in [-0.39, 0.29) is 17.1 Å². The number of carbonyl (C=O) groups excluding carboxylic acids is 1. The van der Waals surface area contributed by atoms with Gasteiger partial charge in [0.05, 0.1) is 18.5 Å². The third kappa shape index (κ3) is 3.73. The number of ether oxygens (including phenoxy) is 1. The predicted molar refractivity (Wildman–Crippen MR) is 68.9 cm³/mol. The van der Waals surface area contributed by atoms with E-state index in [2.05, 4.69) is 10.4 Å². The van der Waals surface area contributed by atoms with Crippen molar-refractivity contribution in [3.05, 3.63) is 21.6 Å². The number of esters is 1. The number of hydrogen-bond donors (Lipinski definition) is 1. The molecule has 0 saturated carbocycles. The molecule has 1 N–H and O–H groups in total. The first-order valence-corrected chi connectivity index (χ1v) is 6.13. The maximum Gasteiger partial charge on any atom is 0.325 e. The molecule has 18 heavy (non-hydrogen) atoms. The van der Waals surface area contributed by atoms with Crippen LogP contribution in [0.3, 0.4) is 0 Å². The van der Waals surface area contributed by atoms with Crippen LogP contribution in [0, 0.1) is 0 Å². The average molecular weight is 274 g/mol. The molecule has 0 fully saturated rings. The number of aromatic nitrogens is 2. The van der Waals surface area contributed by atoms with Crippen LogP contribution in [-0.4, -0.2) is 28.9 Å². The number of hydrogen-bond acceptors (Lipinski definition) is 5. The van der Waals surface area contributed by atoms with E-state index in [1.807, 2.05) is 6.92 Å². The summed E-state index contributed by atoms with van der Waals surface area (Å²) in [5, 5.41) is 6.71. The Morgan fingerprint density at radius 3 is 2.89 bits per heavy atom. The number of carbonyl (C=O) groups is 1. The van der Waals surface area contributed by atoms with Gasteiger partial charge < -0.3 is 10.1 Å². The topological polar surface area (TPSA) is 73.2 Å². The molecule has 0 spiro atoms. The molecule has 0 aliphatic rings.